The van der Waals surface area contributed by atoms with Gasteiger partial charge in [0.1, 0.15) is 11.6 Å². The van der Waals surface area contributed by atoms with Gasteiger partial charge in [0.2, 0.25) is 0 Å². The Labute approximate surface area is 175 Å². The summed E-state index contributed by atoms with van der Waals surface area (Å²) < 4.78 is 7.45. The van der Waals surface area contributed by atoms with Crippen LogP contribution in [0.3, 0.4) is 0 Å². The van der Waals surface area contributed by atoms with Crippen LogP contribution in [-0.2, 0) is 17.8 Å². The van der Waals surface area contributed by atoms with E-state index >= 15 is 0 Å². The molecular weight excluding hydrogens is 380 g/mol. The van der Waals surface area contributed by atoms with E-state index in [1.807, 2.05) is 31.5 Å². The molecule has 1 saturated heterocycles. The first kappa shape index (κ1) is 18.9. The molecular formula is C21H26N8O. The standard InChI is InChI=1S/C21H26N8O/c1-14-10-15(2)29(26-14)20-12-19(22-16(3)23-20)27-5-7-28(8-6-27)21-11-17-13-30-9-4-18(17)24-25-21/h10-12H,4-9,13H2,1-3H3. The van der Waals surface area contributed by atoms with E-state index in [0.717, 1.165) is 85.1 Å². The predicted molar refractivity (Wildman–Crippen MR) is 113 cm³/mol. The zero-order valence-corrected chi connectivity index (χ0v) is 17.7. The fraction of sp³-hybridized carbons (Fsp3) is 0.476. The molecule has 3 aromatic heterocycles. The smallest absolute Gasteiger partial charge is 0.159 e. The molecule has 0 amide bonds. The van der Waals surface area contributed by atoms with Crippen LogP contribution in [0.2, 0.25) is 0 Å². The minimum atomic E-state index is 0.632. The summed E-state index contributed by atoms with van der Waals surface area (Å²) in [4.78, 5) is 13.9. The number of anilines is 2. The van der Waals surface area contributed by atoms with E-state index in [1.165, 1.54) is 0 Å². The summed E-state index contributed by atoms with van der Waals surface area (Å²) in [6, 6.07) is 6.21. The van der Waals surface area contributed by atoms with E-state index in [4.69, 9.17) is 4.74 Å². The molecule has 1 fully saturated rings. The van der Waals surface area contributed by atoms with Crippen LogP contribution in [0, 0.1) is 20.8 Å². The average Bonchev–Trinajstić information content (AvgIpc) is 3.11. The summed E-state index contributed by atoms with van der Waals surface area (Å²) in [6.45, 7) is 10.8. The van der Waals surface area contributed by atoms with Gasteiger partial charge in [0, 0.05) is 49.9 Å². The molecule has 0 N–H and O–H groups in total. The fourth-order valence-corrected chi connectivity index (χ4v) is 4.12. The molecule has 0 saturated carbocycles. The molecule has 0 unspecified atom stereocenters. The number of hydrogen-bond donors (Lipinski definition) is 0. The van der Waals surface area contributed by atoms with Gasteiger partial charge in [-0.3, -0.25) is 0 Å². The fourth-order valence-electron chi connectivity index (χ4n) is 4.12. The van der Waals surface area contributed by atoms with Crippen molar-refractivity contribution in [1.29, 1.82) is 0 Å². The van der Waals surface area contributed by atoms with Crippen LogP contribution < -0.4 is 9.80 Å². The Morgan fingerprint density at radius 3 is 2.30 bits per heavy atom. The molecule has 0 aromatic carbocycles. The number of aromatic nitrogens is 6. The second-order valence-electron chi connectivity index (χ2n) is 7.92. The highest BCUT2D eigenvalue weighted by atomic mass is 16.5. The van der Waals surface area contributed by atoms with Gasteiger partial charge in [-0.2, -0.15) is 10.2 Å². The van der Waals surface area contributed by atoms with Crippen LogP contribution in [0.1, 0.15) is 28.5 Å². The summed E-state index contributed by atoms with van der Waals surface area (Å²) >= 11 is 0. The summed E-state index contributed by atoms with van der Waals surface area (Å²) in [5, 5.41) is 13.4. The molecule has 0 atom stereocenters. The van der Waals surface area contributed by atoms with Crippen molar-refractivity contribution in [2.45, 2.75) is 33.8 Å². The molecule has 2 aliphatic heterocycles. The van der Waals surface area contributed by atoms with Crippen molar-refractivity contribution in [2.75, 3.05) is 42.6 Å². The zero-order valence-electron chi connectivity index (χ0n) is 17.7. The molecule has 9 heteroatoms. The van der Waals surface area contributed by atoms with E-state index in [2.05, 4.69) is 47.2 Å². The van der Waals surface area contributed by atoms with Gasteiger partial charge in [0.15, 0.2) is 11.6 Å². The lowest BCUT2D eigenvalue weighted by molar-refractivity contribution is 0.109. The van der Waals surface area contributed by atoms with E-state index < -0.39 is 0 Å². The Balaban J connectivity index is 1.33. The molecule has 30 heavy (non-hydrogen) atoms. The third-order valence-corrected chi connectivity index (χ3v) is 5.65. The number of rotatable bonds is 3. The van der Waals surface area contributed by atoms with Gasteiger partial charge in [0.25, 0.3) is 0 Å². The molecule has 156 valence electrons. The quantitative estimate of drug-likeness (QED) is 0.651. The maximum absolute atomic E-state index is 5.57. The first-order chi connectivity index (χ1) is 14.6. The highest BCUT2D eigenvalue weighted by Crippen LogP contribution is 2.23. The number of ether oxygens (including phenoxy) is 1. The largest absolute Gasteiger partial charge is 0.376 e. The molecule has 5 rings (SSSR count). The number of aryl methyl sites for hydroxylation is 3. The summed E-state index contributed by atoms with van der Waals surface area (Å²) in [7, 11) is 0. The van der Waals surface area contributed by atoms with Crippen molar-refractivity contribution in [1.82, 2.24) is 29.9 Å². The van der Waals surface area contributed by atoms with Gasteiger partial charge in [0.05, 0.1) is 24.6 Å². The van der Waals surface area contributed by atoms with Crippen LogP contribution in [-0.4, -0.2) is 62.7 Å². The summed E-state index contributed by atoms with van der Waals surface area (Å²) in [5.74, 6) is 3.43. The topological polar surface area (TPSA) is 85.1 Å². The van der Waals surface area contributed by atoms with Gasteiger partial charge >= 0.3 is 0 Å². The lowest BCUT2D eigenvalue weighted by Crippen LogP contribution is -2.47. The second-order valence-corrected chi connectivity index (χ2v) is 7.92. The molecule has 5 heterocycles. The molecule has 2 aliphatic rings. The molecule has 0 bridgehead atoms. The summed E-state index contributed by atoms with van der Waals surface area (Å²) in [6.07, 6.45) is 0.848. The third-order valence-electron chi connectivity index (χ3n) is 5.65. The van der Waals surface area contributed by atoms with Gasteiger partial charge in [-0.25, -0.2) is 14.6 Å². The maximum Gasteiger partial charge on any atom is 0.159 e. The molecule has 0 spiro atoms. The van der Waals surface area contributed by atoms with Crippen LogP contribution in [0.25, 0.3) is 5.82 Å². The van der Waals surface area contributed by atoms with E-state index in [-0.39, 0.29) is 0 Å². The van der Waals surface area contributed by atoms with Crippen LogP contribution in [0.4, 0.5) is 11.6 Å². The van der Waals surface area contributed by atoms with Crippen molar-refractivity contribution < 1.29 is 4.74 Å². The SMILES string of the molecule is Cc1cc(C)n(-c2cc(N3CCN(c4cc5c(nn4)CCOC5)CC3)nc(C)n2)n1. The molecule has 3 aromatic rings. The van der Waals surface area contributed by atoms with Gasteiger partial charge in [-0.1, -0.05) is 0 Å². The second kappa shape index (κ2) is 7.64. The van der Waals surface area contributed by atoms with E-state index in [0.29, 0.717) is 6.61 Å². The van der Waals surface area contributed by atoms with Crippen LogP contribution >= 0.6 is 0 Å². The van der Waals surface area contributed by atoms with Crippen molar-refractivity contribution in [3.8, 4) is 5.82 Å². The predicted octanol–water partition coefficient (Wildman–Crippen LogP) is 1.78. The third kappa shape index (κ3) is 3.60. The van der Waals surface area contributed by atoms with Crippen molar-refractivity contribution in [3.05, 3.63) is 46.7 Å². The Morgan fingerprint density at radius 1 is 0.833 bits per heavy atom. The zero-order chi connectivity index (χ0) is 20.7. The first-order valence-electron chi connectivity index (χ1n) is 10.4. The Hall–Kier alpha value is -3.07. The molecule has 9 nitrogen and oxygen atoms in total. The minimum absolute atomic E-state index is 0.632. The highest BCUT2D eigenvalue weighted by molar-refractivity contribution is 5.48. The molecule has 0 radical (unpaired) electrons. The highest BCUT2D eigenvalue weighted by Gasteiger charge is 2.22. The van der Waals surface area contributed by atoms with Crippen LogP contribution in [0.15, 0.2) is 18.2 Å². The summed E-state index contributed by atoms with van der Waals surface area (Å²) in [5.41, 5.74) is 4.28. The number of piperazine rings is 1. The van der Waals surface area contributed by atoms with Gasteiger partial charge < -0.3 is 14.5 Å². The number of nitrogens with zero attached hydrogens (tertiary/aromatic N) is 8. The van der Waals surface area contributed by atoms with E-state index in [9.17, 15) is 0 Å². The normalized spacial score (nSPS) is 16.6. The van der Waals surface area contributed by atoms with Gasteiger partial charge in [-0.15, -0.1) is 5.10 Å². The maximum atomic E-state index is 5.57. The first-order valence-corrected chi connectivity index (χ1v) is 10.4. The number of hydrogen-bond acceptors (Lipinski definition) is 8. The van der Waals surface area contributed by atoms with E-state index in [1.54, 1.807) is 0 Å². The Bertz CT molecular complexity index is 1070. The van der Waals surface area contributed by atoms with Crippen molar-refractivity contribution in [2.24, 2.45) is 0 Å². The monoisotopic (exact) mass is 406 g/mol. The average molecular weight is 406 g/mol. The Kier molecular flexibility index (Phi) is 4.82. The Morgan fingerprint density at radius 2 is 1.57 bits per heavy atom. The molecule has 0 aliphatic carbocycles. The van der Waals surface area contributed by atoms with Gasteiger partial charge in [-0.05, 0) is 32.9 Å². The van der Waals surface area contributed by atoms with Crippen molar-refractivity contribution >= 4 is 11.6 Å². The van der Waals surface area contributed by atoms with Crippen molar-refractivity contribution in [3.63, 3.8) is 0 Å². The minimum Gasteiger partial charge on any atom is -0.376 e. The number of fused-ring (bicyclic) bond motifs is 1. The lowest BCUT2D eigenvalue weighted by atomic mass is 10.1. The lowest BCUT2D eigenvalue weighted by Gasteiger charge is -2.36. The van der Waals surface area contributed by atoms with Crippen LogP contribution in [0.5, 0.6) is 0 Å².